The third kappa shape index (κ3) is 4.92. The Balaban J connectivity index is 1.65. The minimum atomic E-state index is -1.42. The molecule has 0 spiro atoms. The number of amides is 1. The Bertz CT molecular complexity index is 1520. The van der Waals surface area contributed by atoms with Crippen LogP contribution in [0.25, 0.3) is 5.65 Å². The molecule has 1 amide bonds. The van der Waals surface area contributed by atoms with Crippen LogP contribution in [0.4, 0.5) is 13.2 Å². The Hall–Kier alpha value is -4.38. The molecule has 1 unspecified atom stereocenters. The highest BCUT2D eigenvalue weighted by Crippen LogP contribution is 2.27. The van der Waals surface area contributed by atoms with E-state index < -0.39 is 48.1 Å². The van der Waals surface area contributed by atoms with Gasteiger partial charge in [-0.1, -0.05) is 12.1 Å². The molecule has 38 heavy (non-hydrogen) atoms. The van der Waals surface area contributed by atoms with Crippen molar-refractivity contribution in [3.8, 4) is 5.75 Å². The molecule has 0 saturated carbocycles. The molecule has 0 radical (unpaired) electrons. The van der Waals surface area contributed by atoms with Crippen LogP contribution in [0.3, 0.4) is 0 Å². The van der Waals surface area contributed by atoms with Crippen molar-refractivity contribution in [3.05, 3.63) is 100 Å². The van der Waals surface area contributed by atoms with E-state index in [-0.39, 0.29) is 33.8 Å². The molecule has 11 heteroatoms. The van der Waals surface area contributed by atoms with Gasteiger partial charge in [0.2, 0.25) is 0 Å². The predicted molar refractivity (Wildman–Crippen MR) is 130 cm³/mol. The van der Waals surface area contributed by atoms with Gasteiger partial charge >= 0.3 is 5.97 Å². The normalized spacial score (nSPS) is 12.7. The Morgan fingerprint density at radius 3 is 2.45 bits per heavy atom. The van der Waals surface area contributed by atoms with Gasteiger partial charge in [-0.25, -0.2) is 22.9 Å². The van der Waals surface area contributed by atoms with E-state index in [4.69, 9.17) is 4.74 Å². The van der Waals surface area contributed by atoms with Crippen LogP contribution in [-0.4, -0.2) is 40.1 Å². The summed E-state index contributed by atoms with van der Waals surface area (Å²) in [4.78, 5) is 29.8. The molecule has 2 aromatic carbocycles. The summed E-state index contributed by atoms with van der Waals surface area (Å²) >= 11 is 0. The summed E-state index contributed by atoms with van der Waals surface area (Å²) in [6.07, 6.45) is 1.56. The van der Waals surface area contributed by atoms with Crippen molar-refractivity contribution in [2.45, 2.75) is 26.0 Å². The number of nitrogens with one attached hydrogen (secondary N) is 1. The predicted octanol–water partition coefficient (Wildman–Crippen LogP) is 4.06. The first-order chi connectivity index (χ1) is 18.1. The average Bonchev–Trinajstić information content (AvgIpc) is 3.24. The number of pyridine rings is 1. The number of carbonyl (C=O) groups excluding carboxylic acids is 2. The average molecular weight is 527 g/mol. The van der Waals surface area contributed by atoms with Crippen molar-refractivity contribution >= 4 is 17.5 Å². The number of esters is 1. The number of ether oxygens (including phenoxy) is 2. The summed E-state index contributed by atoms with van der Waals surface area (Å²) in [7, 11) is 1.11. The summed E-state index contributed by atoms with van der Waals surface area (Å²) in [6, 6.07) is 10.2. The number of aliphatic hydroxyl groups excluding tert-OH is 1. The standard InChI is InChI=1S/C27H24F3N3O5/c1-15-23(25(35)32-27(2,14-34)16-9-10-21(30)17(12-16)26(36)37-3)33-11-5-8-22(24(33)31-15)38-13-18-19(28)6-4-7-20(18)29/h4-12,34H,13-14H2,1-3H3,(H,32,35). The van der Waals surface area contributed by atoms with E-state index in [9.17, 15) is 27.9 Å². The Morgan fingerprint density at radius 1 is 1.08 bits per heavy atom. The molecule has 0 aliphatic carbocycles. The van der Waals surface area contributed by atoms with Gasteiger partial charge in [0.1, 0.15) is 29.8 Å². The van der Waals surface area contributed by atoms with Gasteiger partial charge in [0.15, 0.2) is 11.4 Å². The quantitative estimate of drug-likeness (QED) is 0.335. The summed E-state index contributed by atoms with van der Waals surface area (Å²) in [5.74, 6) is -3.67. The molecule has 4 aromatic rings. The van der Waals surface area contributed by atoms with Crippen LogP contribution in [-0.2, 0) is 16.9 Å². The molecule has 1 atom stereocenters. The summed E-state index contributed by atoms with van der Waals surface area (Å²) in [5, 5.41) is 12.9. The molecular weight excluding hydrogens is 503 g/mol. The first-order valence-electron chi connectivity index (χ1n) is 11.4. The number of benzene rings is 2. The van der Waals surface area contributed by atoms with Crippen molar-refractivity contribution < 1.29 is 37.3 Å². The van der Waals surface area contributed by atoms with Crippen LogP contribution >= 0.6 is 0 Å². The highest BCUT2D eigenvalue weighted by Gasteiger charge is 2.32. The Kier molecular flexibility index (Phi) is 7.40. The van der Waals surface area contributed by atoms with E-state index in [1.165, 1.54) is 29.5 Å². The van der Waals surface area contributed by atoms with Gasteiger partial charge in [0, 0.05) is 6.20 Å². The molecule has 8 nitrogen and oxygen atoms in total. The summed E-state index contributed by atoms with van der Waals surface area (Å²) in [5.41, 5.74) is -1.11. The number of halogens is 3. The van der Waals surface area contributed by atoms with Crippen LogP contribution in [0.5, 0.6) is 5.75 Å². The van der Waals surface area contributed by atoms with E-state index >= 15 is 0 Å². The number of aryl methyl sites for hydroxylation is 1. The van der Waals surface area contributed by atoms with Crippen LogP contribution in [0, 0.1) is 24.4 Å². The zero-order chi connectivity index (χ0) is 27.6. The number of aromatic nitrogens is 2. The summed E-state index contributed by atoms with van der Waals surface area (Å²) < 4.78 is 53.9. The zero-order valence-corrected chi connectivity index (χ0v) is 20.7. The third-order valence-electron chi connectivity index (χ3n) is 6.15. The van der Waals surface area contributed by atoms with Crippen LogP contribution in [0.15, 0.2) is 54.7 Å². The topological polar surface area (TPSA) is 102 Å². The number of methoxy groups -OCH3 is 1. The highest BCUT2D eigenvalue weighted by molar-refractivity contribution is 5.95. The number of imidazole rings is 1. The van der Waals surface area contributed by atoms with Gasteiger partial charge in [0.25, 0.3) is 5.91 Å². The zero-order valence-electron chi connectivity index (χ0n) is 20.7. The van der Waals surface area contributed by atoms with E-state index in [1.54, 1.807) is 25.3 Å². The largest absolute Gasteiger partial charge is 0.485 e. The van der Waals surface area contributed by atoms with Gasteiger partial charge < -0.3 is 19.9 Å². The molecule has 2 heterocycles. The number of hydrogen-bond donors (Lipinski definition) is 2. The number of rotatable bonds is 8. The first-order valence-corrected chi connectivity index (χ1v) is 11.4. The Labute approximate surface area is 215 Å². The van der Waals surface area contributed by atoms with Crippen LogP contribution < -0.4 is 10.1 Å². The molecule has 0 aliphatic rings. The lowest BCUT2D eigenvalue weighted by Crippen LogP contribution is -2.47. The molecule has 0 saturated heterocycles. The second kappa shape index (κ2) is 10.5. The van der Waals surface area contributed by atoms with E-state index in [0.717, 1.165) is 25.3 Å². The smallest absolute Gasteiger partial charge is 0.340 e. The van der Waals surface area contributed by atoms with E-state index in [0.29, 0.717) is 5.69 Å². The third-order valence-corrected chi connectivity index (χ3v) is 6.15. The van der Waals surface area contributed by atoms with Gasteiger partial charge in [-0.15, -0.1) is 0 Å². The maximum Gasteiger partial charge on any atom is 0.340 e. The monoisotopic (exact) mass is 527 g/mol. The number of hydrogen-bond acceptors (Lipinski definition) is 6. The van der Waals surface area contributed by atoms with E-state index in [1.807, 2.05) is 0 Å². The van der Waals surface area contributed by atoms with Gasteiger partial charge in [-0.2, -0.15) is 0 Å². The van der Waals surface area contributed by atoms with Crippen molar-refractivity contribution in [1.29, 1.82) is 0 Å². The lowest BCUT2D eigenvalue weighted by molar-refractivity contribution is 0.0595. The molecule has 4 rings (SSSR count). The summed E-state index contributed by atoms with van der Waals surface area (Å²) in [6.45, 7) is 2.12. The Morgan fingerprint density at radius 2 is 1.79 bits per heavy atom. The maximum atomic E-state index is 14.1. The van der Waals surface area contributed by atoms with Gasteiger partial charge in [-0.05, 0) is 55.8 Å². The first kappa shape index (κ1) is 26.7. The van der Waals surface area contributed by atoms with Crippen molar-refractivity contribution in [3.63, 3.8) is 0 Å². The van der Waals surface area contributed by atoms with Crippen LogP contribution in [0.1, 0.15) is 44.6 Å². The fourth-order valence-corrected chi connectivity index (χ4v) is 4.01. The fourth-order valence-electron chi connectivity index (χ4n) is 4.01. The van der Waals surface area contributed by atoms with E-state index in [2.05, 4.69) is 15.0 Å². The lowest BCUT2D eigenvalue weighted by Gasteiger charge is -2.29. The fraction of sp³-hybridized carbons (Fsp3) is 0.222. The number of carbonyl (C=O) groups is 2. The van der Waals surface area contributed by atoms with Gasteiger partial charge in [-0.3, -0.25) is 9.20 Å². The molecule has 198 valence electrons. The van der Waals surface area contributed by atoms with Gasteiger partial charge in [0.05, 0.1) is 36.1 Å². The molecule has 0 fully saturated rings. The van der Waals surface area contributed by atoms with Crippen molar-refractivity contribution in [1.82, 2.24) is 14.7 Å². The molecule has 2 aromatic heterocycles. The lowest BCUT2D eigenvalue weighted by atomic mass is 9.91. The highest BCUT2D eigenvalue weighted by atomic mass is 19.1. The SMILES string of the molecule is COC(=O)c1cc(C(C)(CO)NC(=O)c2c(C)nc3c(OCc4c(F)cccc4F)cccn23)ccc1F. The number of aliphatic hydroxyl groups is 1. The molecule has 0 bridgehead atoms. The minimum absolute atomic E-state index is 0.109. The number of nitrogens with zero attached hydrogens (tertiary/aromatic N) is 2. The molecular formula is C27H24F3N3O5. The second-order valence-corrected chi connectivity index (χ2v) is 8.73. The molecule has 0 aliphatic heterocycles. The second-order valence-electron chi connectivity index (χ2n) is 8.73. The molecule has 2 N–H and O–H groups in total. The maximum absolute atomic E-state index is 14.1. The minimum Gasteiger partial charge on any atom is -0.485 e. The number of fused-ring (bicyclic) bond motifs is 1. The van der Waals surface area contributed by atoms with Crippen LogP contribution in [0.2, 0.25) is 0 Å². The van der Waals surface area contributed by atoms with Crippen molar-refractivity contribution in [2.75, 3.05) is 13.7 Å². The van der Waals surface area contributed by atoms with Crippen molar-refractivity contribution in [2.24, 2.45) is 0 Å².